The van der Waals surface area contributed by atoms with Crippen molar-refractivity contribution < 1.29 is 14.6 Å². The van der Waals surface area contributed by atoms with E-state index in [-0.39, 0.29) is 0 Å². The lowest BCUT2D eigenvalue weighted by molar-refractivity contribution is 0.0182. The number of aliphatic hydroxyl groups is 1. The van der Waals surface area contributed by atoms with E-state index in [2.05, 4.69) is 43.8 Å². The van der Waals surface area contributed by atoms with Crippen LogP contribution in [-0.2, 0) is 9.47 Å². The monoisotopic (exact) mass is 429 g/mol. The molecule has 0 heterocycles. The second-order valence-electron chi connectivity index (χ2n) is 3.73. The van der Waals surface area contributed by atoms with Crippen molar-refractivity contribution in [2.45, 2.75) is 6.10 Å². The van der Waals surface area contributed by atoms with Crippen LogP contribution < -0.4 is 5.32 Å². The Morgan fingerprint density at radius 1 is 1.44 bits per heavy atom. The van der Waals surface area contributed by atoms with Gasteiger partial charge in [-0.1, -0.05) is 0 Å². The van der Waals surface area contributed by atoms with Gasteiger partial charge >= 0.3 is 0 Å². The zero-order valence-electron chi connectivity index (χ0n) is 10.2. The molecule has 1 unspecified atom stereocenters. The minimum Gasteiger partial charge on any atom is -0.389 e. The molecule has 0 saturated heterocycles. The number of ether oxygens (including phenoxy) is 2. The van der Waals surface area contributed by atoms with Gasteiger partial charge in [-0.2, -0.15) is 0 Å². The molecule has 2 N–H and O–H groups in total. The molecule has 0 amide bonds. The summed E-state index contributed by atoms with van der Waals surface area (Å²) in [6, 6.07) is 6.00. The topological polar surface area (TPSA) is 50.7 Å². The third-order valence-electron chi connectivity index (χ3n) is 2.20. The normalized spacial score (nSPS) is 12.4. The number of rotatable bonds is 8. The van der Waals surface area contributed by atoms with Crippen LogP contribution in [0.25, 0.3) is 0 Å². The van der Waals surface area contributed by atoms with E-state index in [1.165, 1.54) is 0 Å². The highest BCUT2D eigenvalue weighted by molar-refractivity contribution is 14.1. The van der Waals surface area contributed by atoms with Crippen LogP contribution in [0, 0.1) is 3.57 Å². The Kier molecular flexibility index (Phi) is 8.16. The largest absolute Gasteiger partial charge is 0.389 e. The van der Waals surface area contributed by atoms with E-state index in [4.69, 9.17) is 9.47 Å². The average Bonchev–Trinajstić information content (AvgIpc) is 2.33. The van der Waals surface area contributed by atoms with Gasteiger partial charge < -0.3 is 19.9 Å². The molecule has 0 aliphatic rings. The van der Waals surface area contributed by atoms with Crippen LogP contribution in [0.3, 0.4) is 0 Å². The van der Waals surface area contributed by atoms with Gasteiger partial charge in [0.1, 0.15) is 0 Å². The Balaban J connectivity index is 2.27. The number of hydrogen-bond acceptors (Lipinski definition) is 4. The van der Waals surface area contributed by atoms with E-state index < -0.39 is 6.10 Å². The lowest BCUT2D eigenvalue weighted by atomic mass is 10.3. The summed E-state index contributed by atoms with van der Waals surface area (Å²) in [5, 5.41) is 12.9. The van der Waals surface area contributed by atoms with Gasteiger partial charge in [-0.25, -0.2) is 0 Å². The molecule has 0 fully saturated rings. The fraction of sp³-hybridized carbons (Fsp3) is 0.500. The summed E-state index contributed by atoms with van der Waals surface area (Å²) in [4.78, 5) is 0. The highest BCUT2D eigenvalue weighted by Gasteiger charge is 2.06. The maximum atomic E-state index is 9.71. The molecule has 0 aliphatic heterocycles. The summed E-state index contributed by atoms with van der Waals surface area (Å²) in [6.07, 6.45) is -0.534. The summed E-state index contributed by atoms with van der Waals surface area (Å²) in [5.41, 5.74) is 0.964. The Labute approximate surface area is 129 Å². The van der Waals surface area contributed by atoms with Gasteiger partial charge in [0.2, 0.25) is 0 Å². The standard InChI is InChI=1S/C12H17BrINO3/c1-17-4-5-18-8-10(16)7-15-12-3-2-9(14)6-11(12)13/h2-3,6,10,15-16H,4-5,7-8H2,1H3. The van der Waals surface area contributed by atoms with Crippen molar-refractivity contribution in [3.8, 4) is 0 Å². The number of methoxy groups -OCH3 is 1. The van der Waals surface area contributed by atoms with Crippen LogP contribution in [0.4, 0.5) is 5.69 Å². The van der Waals surface area contributed by atoms with Crippen molar-refractivity contribution in [1.29, 1.82) is 0 Å². The molecule has 4 nitrogen and oxygen atoms in total. The first-order valence-corrected chi connectivity index (χ1v) is 7.44. The van der Waals surface area contributed by atoms with E-state index >= 15 is 0 Å². The highest BCUT2D eigenvalue weighted by atomic mass is 127. The Morgan fingerprint density at radius 2 is 2.22 bits per heavy atom. The molecule has 1 aromatic carbocycles. The minimum absolute atomic E-state index is 0.304. The lowest BCUT2D eigenvalue weighted by Crippen LogP contribution is -2.25. The first-order chi connectivity index (χ1) is 8.63. The van der Waals surface area contributed by atoms with Crippen molar-refractivity contribution in [2.24, 2.45) is 0 Å². The van der Waals surface area contributed by atoms with Crippen LogP contribution in [0.1, 0.15) is 0 Å². The van der Waals surface area contributed by atoms with Gasteiger partial charge in [0.15, 0.2) is 0 Å². The number of halogens is 2. The first kappa shape index (κ1) is 16.2. The molecule has 102 valence electrons. The Bertz CT molecular complexity index is 365. The number of nitrogens with one attached hydrogen (secondary N) is 1. The van der Waals surface area contributed by atoms with E-state index in [0.29, 0.717) is 26.4 Å². The lowest BCUT2D eigenvalue weighted by Gasteiger charge is -2.14. The van der Waals surface area contributed by atoms with Crippen LogP contribution in [0.15, 0.2) is 22.7 Å². The van der Waals surface area contributed by atoms with Crippen LogP contribution in [0.5, 0.6) is 0 Å². The van der Waals surface area contributed by atoms with E-state index in [1.807, 2.05) is 18.2 Å². The van der Waals surface area contributed by atoms with Crippen molar-refractivity contribution in [3.63, 3.8) is 0 Å². The number of anilines is 1. The van der Waals surface area contributed by atoms with E-state index in [1.54, 1.807) is 7.11 Å². The number of hydrogen-bond donors (Lipinski definition) is 2. The van der Waals surface area contributed by atoms with Crippen molar-refractivity contribution in [3.05, 3.63) is 26.2 Å². The molecule has 0 radical (unpaired) electrons. The fourth-order valence-corrected chi connectivity index (χ4v) is 2.72. The molecule has 0 aliphatic carbocycles. The molecule has 6 heteroatoms. The summed E-state index contributed by atoms with van der Waals surface area (Å²) in [6.45, 7) is 1.80. The molecular weight excluding hydrogens is 413 g/mol. The van der Waals surface area contributed by atoms with Gasteiger partial charge in [-0.05, 0) is 56.7 Å². The van der Waals surface area contributed by atoms with Gasteiger partial charge in [0.25, 0.3) is 0 Å². The zero-order chi connectivity index (χ0) is 13.4. The SMILES string of the molecule is COCCOCC(O)CNc1ccc(I)cc1Br. The van der Waals surface area contributed by atoms with Gasteiger partial charge in [0.05, 0.1) is 25.9 Å². The van der Waals surface area contributed by atoms with Crippen LogP contribution in [-0.4, -0.2) is 44.7 Å². The number of aliphatic hydroxyl groups excluding tert-OH is 1. The zero-order valence-corrected chi connectivity index (χ0v) is 13.9. The molecule has 0 bridgehead atoms. The maximum Gasteiger partial charge on any atom is 0.0945 e. The number of benzene rings is 1. The van der Waals surface area contributed by atoms with Crippen LogP contribution in [0.2, 0.25) is 0 Å². The molecule has 1 rings (SSSR count). The fourth-order valence-electron chi connectivity index (χ4n) is 1.28. The second-order valence-corrected chi connectivity index (χ2v) is 5.83. The summed E-state index contributed by atoms with van der Waals surface area (Å²) < 4.78 is 12.2. The molecule has 1 aromatic rings. The molecule has 18 heavy (non-hydrogen) atoms. The van der Waals surface area contributed by atoms with Crippen LogP contribution >= 0.6 is 38.5 Å². The predicted molar refractivity (Wildman–Crippen MR) is 84.1 cm³/mol. The molecule has 0 aromatic heterocycles. The van der Waals surface area contributed by atoms with Crippen molar-refractivity contribution >= 4 is 44.2 Å². The molecular formula is C12H17BrINO3. The third kappa shape index (κ3) is 6.33. The van der Waals surface area contributed by atoms with Gasteiger partial charge in [0, 0.05) is 27.4 Å². The second kappa shape index (κ2) is 9.08. The maximum absolute atomic E-state index is 9.71. The Morgan fingerprint density at radius 3 is 2.89 bits per heavy atom. The predicted octanol–water partition coefficient (Wildman–Crippen LogP) is 2.49. The van der Waals surface area contributed by atoms with E-state index in [9.17, 15) is 5.11 Å². The quantitative estimate of drug-likeness (QED) is 0.492. The first-order valence-electron chi connectivity index (χ1n) is 5.57. The highest BCUT2D eigenvalue weighted by Crippen LogP contribution is 2.24. The van der Waals surface area contributed by atoms with Crippen molar-refractivity contribution in [2.75, 3.05) is 38.8 Å². The molecule has 0 saturated carbocycles. The summed E-state index contributed by atoms with van der Waals surface area (Å²) >= 11 is 5.72. The van der Waals surface area contributed by atoms with Gasteiger partial charge in [-0.15, -0.1) is 0 Å². The minimum atomic E-state index is -0.534. The smallest absolute Gasteiger partial charge is 0.0945 e. The van der Waals surface area contributed by atoms with Crippen molar-refractivity contribution in [1.82, 2.24) is 0 Å². The average molecular weight is 430 g/mol. The third-order valence-corrected chi connectivity index (χ3v) is 3.53. The summed E-state index contributed by atoms with van der Waals surface area (Å²) in [7, 11) is 1.62. The summed E-state index contributed by atoms with van der Waals surface area (Å²) in [5.74, 6) is 0. The Hall–Kier alpha value is 0.110. The molecule has 1 atom stereocenters. The molecule has 0 spiro atoms. The van der Waals surface area contributed by atoms with E-state index in [0.717, 1.165) is 13.7 Å². The van der Waals surface area contributed by atoms with Gasteiger partial charge in [-0.3, -0.25) is 0 Å².